The molecule has 0 aliphatic rings. The zero-order valence-corrected chi connectivity index (χ0v) is 15.9. The zero-order valence-electron chi connectivity index (χ0n) is 14.3. The van der Waals surface area contributed by atoms with Crippen molar-refractivity contribution >= 4 is 35.3 Å². The minimum absolute atomic E-state index is 0.0740. The Morgan fingerprint density at radius 1 is 1.12 bits per heavy atom. The number of nitrogens with one attached hydrogen (secondary N) is 1. The molecule has 0 aliphatic carbocycles. The number of hydrazone groups is 1. The van der Waals surface area contributed by atoms with Crippen molar-refractivity contribution in [2.24, 2.45) is 5.10 Å². The van der Waals surface area contributed by atoms with Crippen LogP contribution in [0.15, 0.2) is 47.6 Å². The van der Waals surface area contributed by atoms with Gasteiger partial charge in [-0.05, 0) is 35.2 Å². The summed E-state index contributed by atoms with van der Waals surface area (Å²) in [6, 6.07) is 12.8. The van der Waals surface area contributed by atoms with E-state index >= 15 is 0 Å². The second-order valence-electron chi connectivity index (χ2n) is 6.49. The number of hydrogen-bond donors (Lipinski definition) is 1. The lowest BCUT2D eigenvalue weighted by molar-refractivity contribution is -0.123. The number of ether oxygens (including phenoxy) is 1. The minimum atomic E-state index is -0.376. The lowest BCUT2D eigenvalue weighted by Gasteiger charge is -2.19. The standard InChI is InChI=1S/C19H20Cl2N2O2/c1-19(2,3)13-7-9-14(10-8-13)25-12-18(24)23-22-11-15-16(20)5-4-6-17(15)21/h4-11H,12H2,1-3H3,(H,23,24). The van der Waals surface area contributed by atoms with E-state index in [9.17, 15) is 4.79 Å². The quantitative estimate of drug-likeness (QED) is 0.598. The van der Waals surface area contributed by atoms with Crippen molar-refractivity contribution in [1.29, 1.82) is 0 Å². The van der Waals surface area contributed by atoms with Gasteiger partial charge in [-0.15, -0.1) is 0 Å². The summed E-state index contributed by atoms with van der Waals surface area (Å²) in [6.45, 7) is 6.28. The van der Waals surface area contributed by atoms with E-state index in [4.69, 9.17) is 27.9 Å². The molecule has 25 heavy (non-hydrogen) atoms. The molecule has 2 aromatic carbocycles. The van der Waals surface area contributed by atoms with Crippen LogP contribution < -0.4 is 10.2 Å². The molecule has 0 saturated heterocycles. The van der Waals surface area contributed by atoms with Gasteiger partial charge in [0.2, 0.25) is 0 Å². The predicted octanol–water partition coefficient (Wildman–Crippen LogP) is 4.82. The van der Waals surface area contributed by atoms with Crippen LogP contribution >= 0.6 is 23.2 Å². The maximum atomic E-state index is 11.8. The number of halogens is 2. The van der Waals surface area contributed by atoms with Crippen LogP contribution in [-0.4, -0.2) is 18.7 Å². The molecule has 4 nitrogen and oxygen atoms in total. The van der Waals surface area contributed by atoms with Gasteiger partial charge in [-0.2, -0.15) is 5.10 Å². The van der Waals surface area contributed by atoms with Gasteiger partial charge in [-0.1, -0.05) is 62.2 Å². The molecule has 0 unspecified atom stereocenters. The van der Waals surface area contributed by atoms with Crippen LogP contribution in [0.1, 0.15) is 31.9 Å². The summed E-state index contributed by atoms with van der Waals surface area (Å²) in [4.78, 5) is 11.8. The molecule has 0 saturated carbocycles. The number of rotatable bonds is 5. The molecule has 2 aromatic rings. The molecule has 0 radical (unpaired) electrons. The Bertz CT molecular complexity index is 746. The second-order valence-corrected chi connectivity index (χ2v) is 7.31. The predicted molar refractivity (Wildman–Crippen MR) is 103 cm³/mol. The Hall–Kier alpha value is -2.04. The van der Waals surface area contributed by atoms with Crippen LogP contribution in [-0.2, 0) is 10.2 Å². The monoisotopic (exact) mass is 378 g/mol. The Labute approximate surface area is 157 Å². The van der Waals surface area contributed by atoms with Crippen LogP contribution in [0.4, 0.5) is 0 Å². The highest BCUT2D eigenvalue weighted by Gasteiger charge is 2.13. The first-order valence-electron chi connectivity index (χ1n) is 7.76. The van der Waals surface area contributed by atoms with Crippen molar-refractivity contribution < 1.29 is 9.53 Å². The van der Waals surface area contributed by atoms with Gasteiger partial charge in [-0.25, -0.2) is 5.43 Å². The molecule has 132 valence electrons. The van der Waals surface area contributed by atoms with Crippen molar-refractivity contribution in [2.75, 3.05) is 6.61 Å². The highest BCUT2D eigenvalue weighted by molar-refractivity contribution is 6.38. The average molecular weight is 379 g/mol. The summed E-state index contributed by atoms with van der Waals surface area (Å²) in [5.74, 6) is 0.251. The molecule has 0 bridgehead atoms. The van der Waals surface area contributed by atoms with Crippen molar-refractivity contribution in [1.82, 2.24) is 5.43 Å². The molecule has 1 N–H and O–H groups in total. The Balaban J connectivity index is 1.86. The third-order valence-corrected chi connectivity index (χ3v) is 4.13. The lowest BCUT2D eigenvalue weighted by atomic mass is 9.87. The first-order chi connectivity index (χ1) is 11.8. The van der Waals surface area contributed by atoms with Crippen LogP contribution in [0.5, 0.6) is 5.75 Å². The van der Waals surface area contributed by atoms with E-state index in [0.29, 0.717) is 21.4 Å². The van der Waals surface area contributed by atoms with Gasteiger partial charge < -0.3 is 4.74 Å². The fraction of sp³-hybridized carbons (Fsp3) is 0.263. The van der Waals surface area contributed by atoms with E-state index < -0.39 is 0 Å². The molecule has 0 aliphatic heterocycles. The van der Waals surface area contributed by atoms with Crippen LogP contribution in [0.25, 0.3) is 0 Å². The van der Waals surface area contributed by atoms with E-state index in [1.165, 1.54) is 11.8 Å². The Kier molecular flexibility index (Phi) is 6.45. The van der Waals surface area contributed by atoms with Gasteiger partial charge in [0, 0.05) is 5.56 Å². The number of benzene rings is 2. The molecule has 0 heterocycles. The summed E-state index contributed by atoms with van der Waals surface area (Å²) >= 11 is 12.0. The number of carbonyl (C=O) groups excluding carboxylic acids is 1. The summed E-state index contributed by atoms with van der Waals surface area (Å²) in [5.41, 5.74) is 4.20. The van der Waals surface area contributed by atoms with E-state index in [1.807, 2.05) is 24.3 Å². The lowest BCUT2D eigenvalue weighted by Crippen LogP contribution is -2.24. The minimum Gasteiger partial charge on any atom is -0.484 e. The van der Waals surface area contributed by atoms with Crippen molar-refractivity contribution in [3.05, 3.63) is 63.6 Å². The summed E-state index contributed by atoms with van der Waals surface area (Å²) < 4.78 is 5.45. The second kappa shape index (κ2) is 8.37. The largest absolute Gasteiger partial charge is 0.484 e. The molecular formula is C19H20Cl2N2O2. The maximum absolute atomic E-state index is 11.8. The highest BCUT2D eigenvalue weighted by atomic mass is 35.5. The molecule has 2 rings (SSSR count). The van der Waals surface area contributed by atoms with Crippen molar-refractivity contribution in [2.45, 2.75) is 26.2 Å². The van der Waals surface area contributed by atoms with Gasteiger partial charge in [0.1, 0.15) is 5.75 Å². The topological polar surface area (TPSA) is 50.7 Å². The van der Waals surface area contributed by atoms with E-state index in [-0.39, 0.29) is 17.9 Å². The number of carbonyl (C=O) groups is 1. The number of hydrogen-bond acceptors (Lipinski definition) is 3. The smallest absolute Gasteiger partial charge is 0.277 e. The zero-order chi connectivity index (χ0) is 18.4. The van der Waals surface area contributed by atoms with Crippen molar-refractivity contribution in [3.8, 4) is 5.75 Å². The molecule has 0 aromatic heterocycles. The number of nitrogens with zero attached hydrogens (tertiary/aromatic N) is 1. The first kappa shape index (κ1) is 19.3. The summed E-state index contributed by atoms with van der Waals surface area (Å²) in [5, 5.41) is 4.77. The van der Waals surface area contributed by atoms with E-state index in [2.05, 4.69) is 31.3 Å². The summed E-state index contributed by atoms with van der Waals surface area (Å²) in [6.07, 6.45) is 1.40. The summed E-state index contributed by atoms with van der Waals surface area (Å²) in [7, 11) is 0. The fourth-order valence-corrected chi connectivity index (χ4v) is 2.53. The Morgan fingerprint density at radius 2 is 1.72 bits per heavy atom. The molecule has 0 spiro atoms. The Morgan fingerprint density at radius 3 is 2.28 bits per heavy atom. The van der Waals surface area contributed by atoms with Crippen molar-refractivity contribution in [3.63, 3.8) is 0 Å². The van der Waals surface area contributed by atoms with Gasteiger partial charge in [0.25, 0.3) is 5.91 Å². The van der Waals surface area contributed by atoms with E-state index in [0.717, 1.165) is 0 Å². The molecule has 0 fully saturated rings. The number of amides is 1. The average Bonchev–Trinajstić information content (AvgIpc) is 2.55. The van der Waals surface area contributed by atoms with Crippen LogP contribution in [0.2, 0.25) is 10.0 Å². The van der Waals surface area contributed by atoms with E-state index in [1.54, 1.807) is 18.2 Å². The van der Waals surface area contributed by atoms with Gasteiger partial charge in [0.05, 0.1) is 16.3 Å². The maximum Gasteiger partial charge on any atom is 0.277 e. The van der Waals surface area contributed by atoms with Gasteiger partial charge in [0.15, 0.2) is 6.61 Å². The molecule has 1 amide bonds. The van der Waals surface area contributed by atoms with Crippen LogP contribution in [0, 0.1) is 0 Å². The third-order valence-electron chi connectivity index (χ3n) is 3.47. The first-order valence-corrected chi connectivity index (χ1v) is 8.52. The fourth-order valence-electron chi connectivity index (χ4n) is 2.04. The molecular weight excluding hydrogens is 359 g/mol. The normalized spacial score (nSPS) is 11.6. The van der Waals surface area contributed by atoms with Gasteiger partial charge >= 0.3 is 0 Å². The SMILES string of the molecule is CC(C)(C)c1ccc(OCC(=O)NN=Cc2c(Cl)cccc2Cl)cc1. The highest BCUT2D eigenvalue weighted by Crippen LogP contribution is 2.24. The molecule has 0 atom stereocenters. The molecule has 6 heteroatoms. The van der Waals surface area contributed by atoms with Crippen LogP contribution in [0.3, 0.4) is 0 Å². The van der Waals surface area contributed by atoms with Gasteiger partial charge in [-0.3, -0.25) is 4.79 Å². The third kappa shape index (κ3) is 5.76.